The highest BCUT2D eigenvalue weighted by atomic mass is 28.4. The molecule has 5 heteroatoms. The summed E-state index contributed by atoms with van der Waals surface area (Å²) in [5, 5.41) is -0.0197. The predicted molar refractivity (Wildman–Crippen MR) is 102 cm³/mol. The molecule has 0 aromatic heterocycles. The van der Waals surface area contributed by atoms with Crippen molar-refractivity contribution in [3.05, 3.63) is 35.7 Å². The molecule has 0 spiro atoms. The zero-order chi connectivity index (χ0) is 18.8. The van der Waals surface area contributed by atoms with E-state index in [1.54, 1.807) is 18.2 Å². The molecule has 1 aromatic carbocycles. The maximum atomic E-state index is 15.2. The molecule has 0 bridgehead atoms. The molecule has 1 saturated carbocycles. The highest BCUT2D eigenvalue weighted by molar-refractivity contribution is 6.74. The summed E-state index contributed by atoms with van der Waals surface area (Å²) >= 11 is 0. The summed E-state index contributed by atoms with van der Waals surface area (Å²) in [5.41, 5.74) is 1.13. The summed E-state index contributed by atoms with van der Waals surface area (Å²) in [6.07, 6.45) is 4.35. The molecule has 0 heterocycles. The van der Waals surface area contributed by atoms with Gasteiger partial charge in [0.25, 0.3) is 8.32 Å². The van der Waals surface area contributed by atoms with E-state index in [1.165, 1.54) is 13.2 Å². The van der Waals surface area contributed by atoms with E-state index in [2.05, 4.69) is 33.9 Å². The fourth-order valence-corrected chi connectivity index (χ4v) is 3.36. The molecule has 1 aliphatic rings. The van der Waals surface area contributed by atoms with Crippen LogP contribution in [0.15, 0.2) is 24.3 Å². The summed E-state index contributed by atoms with van der Waals surface area (Å²) in [4.78, 5) is 11.7. The van der Waals surface area contributed by atoms with Gasteiger partial charge in [0.1, 0.15) is 5.75 Å². The van der Waals surface area contributed by atoms with Crippen LogP contribution in [0, 0.1) is 11.7 Å². The van der Waals surface area contributed by atoms with Gasteiger partial charge in [0, 0.05) is 11.6 Å². The lowest BCUT2D eigenvalue weighted by Crippen LogP contribution is -2.44. The molecular formula is C20H29FO3Si. The van der Waals surface area contributed by atoms with Crippen LogP contribution in [0.2, 0.25) is 18.1 Å². The molecule has 0 radical (unpaired) electrons. The minimum Gasteiger partial charge on any atom is -0.542 e. The number of carbonyl (C=O) groups excluding carboxylic acids is 1. The van der Waals surface area contributed by atoms with Gasteiger partial charge >= 0.3 is 5.97 Å². The van der Waals surface area contributed by atoms with Crippen molar-refractivity contribution in [2.75, 3.05) is 7.11 Å². The number of hydrogen-bond acceptors (Lipinski definition) is 3. The molecule has 2 rings (SSSR count). The first-order chi connectivity index (χ1) is 11.5. The van der Waals surface area contributed by atoms with Crippen molar-refractivity contribution >= 4 is 19.9 Å². The van der Waals surface area contributed by atoms with Gasteiger partial charge in [-0.3, -0.25) is 0 Å². The standard InChI is InChI=1S/C20H29FO3Si/c1-20(2,3)25(5,6)24-17-9-7-8-16(19(17)21)15(12-14-10-11-14)13-18(22)23-4/h7-9,13-14H,10-12H2,1-6H3/b15-13+. The molecule has 0 saturated heterocycles. The van der Waals surface area contributed by atoms with E-state index >= 15 is 4.39 Å². The van der Waals surface area contributed by atoms with Crippen LogP contribution < -0.4 is 4.43 Å². The smallest absolute Gasteiger partial charge is 0.330 e. The Morgan fingerprint density at radius 2 is 1.96 bits per heavy atom. The molecule has 0 aliphatic heterocycles. The predicted octanol–water partition coefficient (Wildman–Crippen LogP) is 5.57. The number of hydrogen-bond donors (Lipinski definition) is 0. The average Bonchev–Trinajstić information content (AvgIpc) is 3.31. The van der Waals surface area contributed by atoms with E-state index in [0.29, 0.717) is 23.5 Å². The number of halogens is 1. The highest BCUT2D eigenvalue weighted by Crippen LogP contribution is 2.41. The molecular weight excluding hydrogens is 335 g/mol. The van der Waals surface area contributed by atoms with Crippen LogP contribution in [-0.4, -0.2) is 21.4 Å². The number of allylic oxidation sites excluding steroid dienone is 1. The number of rotatable bonds is 6. The van der Waals surface area contributed by atoms with Crippen LogP contribution in [-0.2, 0) is 9.53 Å². The largest absolute Gasteiger partial charge is 0.542 e. The third-order valence-electron chi connectivity index (χ3n) is 5.18. The van der Waals surface area contributed by atoms with Gasteiger partial charge < -0.3 is 9.16 Å². The SMILES string of the molecule is COC(=O)/C=C(\CC1CC1)c1cccc(O[Si](C)(C)C(C)(C)C)c1F. The lowest BCUT2D eigenvalue weighted by molar-refractivity contribution is -0.134. The Balaban J connectivity index is 2.38. The molecule has 1 aromatic rings. The quantitative estimate of drug-likeness (QED) is 0.376. The monoisotopic (exact) mass is 364 g/mol. The maximum absolute atomic E-state index is 15.2. The second-order valence-electron chi connectivity index (χ2n) is 8.32. The Labute approximate surface area is 151 Å². The van der Waals surface area contributed by atoms with Crippen molar-refractivity contribution in [1.82, 2.24) is 0 Å². The Hall–Kier alpha value is -1.62. The van der Waals surface area contributed by atoms with Gasteiger partial charge in [0.05, 0.1) is 7.11 Å². The van der Waals surface area contributed by atoms with Gasteiger partial charge in [-0.25, -0.2) is 9.18 Å². The second-order valence-corrected chi connectivity index (χ2v) is 13.0. The van der Waals surface area contributed by atoms with Crippen molar-refractivity contribution < 1.29 is 18.3 Å². The topological polar surface area (TPSA) is 35.5 Å². The normalized spacial score (nSPS) is 15.9. The Morgan fingerprint density at radius 1 is 1.32 bits per heavy atom. The first-order valence-corrected chi connectivity index (χ1v) is 11.7. The lowest BCUT2D eigenvalue weighted by atomic mass is 9.99. The summed E-state index contributed by atoms with van der Waals surface area (Å²) in [7, 11) is -0.810. The highest BCUT2D eigenvalue weighted by Gasteiger charge is 2.39. The molecule has 0 N–H and O–H groups in total. The number of esters is 1. The summed E-state index contributed by atoms with van der Waals surface area (Å²) in [6, 6.07) is 5.18. The van der Waals surface area contributed by atoms with Gasteiger partial charge in [-0.05, 0) is 55.0 Å². The Morgan fingerprint density at radius 3 is 2.48 bits per heavy atom. The first kappa shape index (κ1) is 19.7. The first-order valence-electron chi connectivity index (χ1n) is 8.81. The number of carbonyl (C=O) groups is 1. The van der Waals surface area contributed by atoms with Gasteiger partial charge in [0.2, 0.25) is 0 Å². The number of benzene rings is 1. The van der Waals surface area contributed by atoms with Crippen LogP contribution in [0.1, 0.15) is 45.6 Å². The summed E-state index contributed by atoms with van der Waals surface area (Å²) in [6.45, 7) is 10.5. The van der Waals surface area contributed by atoms with Gasteiger partial charge in [-0.15, -0.1) is 0 Å². The van der Waals surface area contributed by atoms with Crippen molar-refractivity contribution in [1.29, 1.82) is 0 Å². The third kappa shape index (κ3) is 4.94. The minimum atomic E-state index is -2.14. The lowest BCUT2D eigenvalue weighted by Gasteiger charge is -2.36. The minimum absolute atomic E-state index is 0.0197. The molecule has 1 aliphatic carbocycles. The van der Waals surface area contributed by atoms with Crippen LogP contribution in [0.3, 0.4) is 0 Å². The molecule has 0 unspecified atom stereocenters. The molecule has 25 heavy (non-hydrogen) atoms. The second kappa shape index (κ2) is 7.32. The van der Waals surface area contributed by atoms with Gasteiger partial charge in [0.15, 0.2) is 5.82 Å². The molecule has 138 valence electrons. The van der Waals surface area contributed by atoms with Crippen molar-refractivity contribution in [3.63, 3.8) is 0 Å². The molecule has 0 amide bonds. The van der Waals surface area contributed by atoms with E-state index in [0.717, 1.165) is 12.8 Å². The van der Waals surface area contributed by atoms with Crippen molar-refractivity contribution in [2.24, 2.45) is 5.92 Å². The van der Waals surface area contributed by atoms with Gasteiger partial charge in [-0.2, -0.15) is 0 Å². The van der Waals surface area contributed by atoms with Crippen LogP contribution in [0.5, 0.6) is 5.75 Å². The van der Waals surface area contributed by atoms with E-state index in [-0.39, 0.29) is 16.6 Å². The van der Waals surface area contributed by atoms with E-state index < -0.39 is 14.3 Å². The molecule has 1 fully saturated rings. The Bertz CT molecular complexity index is 670. The van der Waals surface area contributed by atoms with Crippen LogP contribution >= 0.6 is 0 Å². The fourth-order valence-electron chi connectivity index (χ4n) is 2.35. The third-order valence-corrected chi connectivity index (χ3v) is 9.52. The van der Waals surface area contributed by atoms with Crippen molar-refractivity contribution in [3.8, 4) is 5.75 Å². The van der Waals surface area contributed by atoms with Crippen molar-refractivity contribution in [2.45, 2.75) is 58.2 Å². The number of methoxy groups -OCH3 is 1. The molecule has 0 atom stereocenters. The summed E-state index contributed by atoms with van der Waals surface area (Å²) < 4.78 is 26.1. The number of ether oxygens (including phenoxy) is 1. The maximum Gasteiger partial charge on any atom is 0.330 e. The van der Waals surface area contributed by atoms with E-state index in [9.17, 15) is 4.79 Å². The zero-order valence-corrected chi connectivity index (χ0v) is 17.1. The van der Waals surface area contributed by atoms with Gasteiger partial charge in [-0.1, -0.05) is 32.9 Å². The zero-order valence-electron chi connectivity index (χ0n) is 16.1. The fraction of sp³-hybridized carbons (Fsp3) is 0.550. The Kier molecular flexibility index (Phi) is 5.77. The van der Waals surface area contributed by atoms with Crippen LogP contribution in [0.4, 0.5) is 4.39 Å². The summed E-state index contributed by atoms with van der Waals surface area (Å²) in [5.74, 6) is -0.0372. The molecule has 3 nitrogen and oxygen atoms in total. The van der Waals surface area contributed by atoms with E-state index in [1.807, 2.05) is 0 Å². The average molecular weight is 365 g/mol. The van der Waals surface area contributed by atoms with Crippen LogP contribution in [0.25, 0.3) is 5.57 Å². The van der Waals surface area contributed by atoms with E-state index in [4.69, 9.17) is 9.16 Å².